The Morgan fingerprint density at radius 2 is 1.79 bits per heavy atom. The number of alkyl halides is 1. The lowest BCUT2D eigenvalue weighted by Gasteiger charge is -2.19. The molecule has 2 atom stereocenters. The molecule has 0 aliphatic heterocycles. The molecular weight excluding hydrogens is 236 g/mol. The second kappa shape index (κ2) is 4.97. The Balaban J connectivity index is 2.91. The zero-order chi connectivity index (χ0) is 10.7. The van der Waals surface area contributed by atoms with E-state index in [1.807, 2.05) is 0 Å². The molecule has 0 amide bonds. The van der Waals surface area contributed by atoms with Crippen molar-refractivity contribution in [1.29, 1.82) is 0 Å². The van der Waals surface area contributed by atoms with Gasteiger partial charge in [-0.25, -0.2) is 0 Å². The molecule has 2 unspecified atom stereocenters. The zero-order valence-electron chi connectivity index (χ0n) is 9.47. The van der Waals surface area contributed by atoms with Crippen LogP contribution in [-0.2, 0) is 0 Å². The molecule has 78 valence electrons. The van der Waals surface area contributed by atoms with Gasteiger partial charge >= 0.3 is 0 Å². The standard InChI is InChI=1S/C13H19Br/c1-9-5-6-13(7-10(9)2)12(4)11(3)8-14/h5-7,11-12H,8H2,1-4H3. The molecular formula is C13H19Br. The van der Waals surface area contributed by atoms with Crippen molar-refractivity contribution in [2.24, 2.45) is 5.92 Å². The van der Waals surface area contributed by atoms with Gasteiger partial charge in [-0.05, 0) is 42.4 Å². The van der Waals surface area contributed by atoms with Gasteiger partial charge in [0.1, 0.15) is 0 Å². The lowest BCUT2D eigenvalue weighted by atomic mass is 9.89. The molecule has 0 spiro atoms. The normalized spacial score (nSPS) is 15.2. The minimum absolute atomic E-state index is 0.633. The van der Waals surface area contributed by atoms with Gasteiger partial charge in [-0.3, -0.25) is 0 Å². The van der Waals surface area contributed by atoms with Crippen molar-refractivity contribution in [3.63, 3.8) is 0 Å². The predicted octanol–water partition coefficient (Wildman–Crippen LogP) is 4.44. The summed E-state index contributed by atoms with van der Waals surface area (Å²) in [7, 11) is 0. The smallest absolute Gasteiger partial charge is 0.00627 e. The van der Waals surface area contributed by atoms with Crippen LogP contribution < -0.4 is 0 Å². The van der Waals surface area contributed by atoms with E-state index in [0.717, 1.165) is 5.33 Å². The van der Waals surface area contributed by atoms with Gasteiger partial charge in [0.15, 0.2) is 0 Å². The van der Waals surface area contributed by atoms with E-state index in [2.05, 4.69) is 61.8 Å². The number of benzene rings is 1. The molecule has 1 aromatic rings. The van der Waals surface area contributed by atoms with Crippen molar-refractivity contribution in [3.05, 3.63) is 34.9 Å². The summed E-state index contributed by atoms with van der Waals surface area (Å²) in [4.78, 5) is 0. The molecule has 0 radical (unpaired) electrons. The Kier molecular flexibility index (Phi) is 4.18. The molecule has 0 bridgehead atoms. The SMILES string of the molecule is Cc1ccc(C(C)C(C)CBr)cc1C. The van der Waals surface area contributed by atoms with Crippen molar-refractivity contribution in [3.8, 4) is 0 Å². The zero-order valence-corrected chi connectivity index (χ0v) is 11.1. The fourth-order valence-electron chi connectivity index (χ4n) is 1.51. The Labute approximate surface area is 95.9 Å². The van der Waals surface area contributed by atoms with Crippen molar-refractivity contribution in [1.82, 2.24) is 0 Å². The lowest BCUT2D eigenvalue weighted by Crippen LogP contribution is -2.07. The Morgan fingerprint density at radius 1 is 1.14 bits per heavy atom. The third-order valence-electron chi connectivity index (χ3n) is 3.15. The quantitative estimate of drug-likeness (QED) is 0.700. The molecule has 1 heteroatoms. The fourth-order valence-corrected chi connectivity index (χ4v) is 2.07. The number of rotatable bonds is 3. The molecule has 1 aromatic carbocycles. The van der Waals surface area contributed by atoms with E-state index < -0.39 is 0 Å². The van der Waals surface area contributed by atoms with E-state index in [1.165, 1.54) is 16.7 Å². The molecule has 1 rings (SSSR count). The summed E-state index contributed by atoms with van der Waals surface area (Å²) in [5.74, 6) is 1.32. The molecule has 14 heavy (non-hydrogen) atoms. The molecule has 0 N–H and O–H groups in total. The summed E-state index contributed by atoms with van der Waals surface area (Å²) in [5, 5.41) is 1.07. The Bertz CT molecular complexity index is 304. The first-order valence-electron chi connectivity index (χ1n) is 5.19. The second-order valence-corrected chi connectivity index (χ2v) is 4.91. The minimum atomic E-state index is 0.633. The van der Waals surface area contributed by atoms with E-state index in [4.69, 9.17) is 0 Å². The summed E-state index contributed by atoms with van der Waals surface area (Å²) in [6.07, 6.45) is 0. The first kappa shape index (κ1) is 11.8. The highest BCUT2D eigenvalue weighted by Gasteiger charge is 2.13. The van der Waals surface area contributed by atoms with Crippen molar-refractivity contribution in [2.75, 3.05) is 5.33 Å². The molecule has 0 fully saturated rings. The highest BCUT2D eigenvalue weighted by atomic mass is 79.9. The average Bonchev–Trinajstić information content (AvgIpc) is 2.20. The summed E-state index contributed by atoms with van der Waals surface area (Å²) < 4.78 is 0. The molecule has 0 aromatic heterocycles. The summed E-state index contributed by atoms with van der Waals surface area (Å²) in [6.45, 7) is 8.94. The van der Waals surface area contributed by atoms with E-state index >= 15 is 0 Å². The third-order valence-corrected chi connectivity index (χ3v) is 4.17. The van der Waals surface area contributed by atoms with Crippen LogP contribution in [0.25, 0.3) is 0 Å². The largest absolute Gasteiger partial charge is 0.0925 e. The van der Waals surface area contributed by atoms with Gasteiger partial charge in [-0.15, -0.1) is 0 Å². The average molecular weight is 255 g/mol. The number of halogens is 1. The molecule has 0 heterocycles. The van der Waals surface area contributed by atoms with Gasteiger partial charge in [0.2, 0.25) is 0 Å². The topological polar surface area (TPSA) is 0 Å². The highest BCUT2D eigenvalue weighted by molar-refractivity contribution is 9.09. The van der Waals surface area contributed by atoms with E-state index in [0.29, 0.717) is 11.8 Å². The number of hydrogen-bond acceptors (Lipinski definition) is 0. The van der Waals surface area contributed by atoms with Gasteiger partial charge in [0, 0.05) is 5.33 Å². The number of hydrogen-bond donors (Lipinski definition) is 0. The Hall–Kier alpha value is -0.300. The maximum atomic E-state index is 3.55. The van der Waals surface area contributed by atoms with Crippen LogP contribution in [0, 0.1) is 19.8 Å². The number of aryl methyl sites for hydroxylation is 2. The van der Waals surface area contributed by atoms with Crippen molar-refractivity contribution < 1.29 is 0 Å². The summed E-state index contributed by atoms with van der Waals surface area (Å²) in [5.41, 5.74) is 4.24. The van der Waals surface area contributed by atoms with Crippen LogP contribution in [0.15, 0.2) is 18.2 Å². The van der Waals surface area contributed by atoms with E-state index in [1.54, 1.807) is 0 Å². The van der Waals surface area contributed by atoms with Gasteiger partial charge < -0.3 is 0 Å². The molecule has 0 aliphatic rings. The van der Waals surface area contributed by atoms with Crippen LogP contribution in [0.5, 0.6) is 0 Å². The second-order valence-electron chi connectivity index (χ2n) is 4.26. The Morgan fingerprint density at radius 3 is 2.29 bits per heavy atom. The molecule has 0 saturated heterocycles. The van der Waals surface area contributed by atoms with Crippen molar-refractivity contribution in [2.45, 2.75) is 33.6 Å². The fraction of sp³-hybridized carbons (Fsp3) is 0.538. The van der Waals surface area contributed by atoms with Gasteiger partial charge in [0.05, 0.1) is 0 Å². The first-order valence-corrected chi connectivity index (χ1v) is 6.31. The maximum Gasteiger partial charge on any atom is 0.00627 e. The van der Waals surface area contributed by atoms with Gasteiger partial charge in [-0.1, -0.05) is 48.0 Å². The van der Waals surface area contributed by atoms with Crippen LogP contribution in [0.3, 0.4) is 0 Å². The lowest BCUT2D eigenvalue weighted by molar-refractivity contribution is 0.546. The monoisotopic (exact) mass is 254 g/mol. The highest BCUT2D eigenvalue weighted by Crippen LogP contribution is 2.26. The van der Waals surface area contributed by atoms with E-state index in [-0.39, 0.29) is 0 Å². The first-order chi connectivity index (χ1) is 6.56. The van der Waals surface area contributed by atoms with Crippen LogP contribution >= 0.6 is 15.9 Å². The molecule has 0 aliphatic carbocycles. The maximum absolute atomic E-state index is 3.55. The van der Waals surface area contributed by atoms with Crippen LogP contribution in [-0.4, -0.2) is 5.33 Å². The predicted molar refractivity (Wildman–Crippen MR) is 67.3 cm³/mol. The van der Waals surface area contributed by atoms with E-state index in [9.17, 15) is 0 Å². The third kappa shape index (κ3) is 2.60. The molecule has 0 saturated carbocycles. The van der Waals surface area contributed by atoms with Crippen molar-refractivity contribution >= 4 is 15.9 Å². The van der Waals surface area contributed by atoms with Crippen LogP contribution in [0.4, 0.5) is 0 Å². The minimum Gasteiger partial charge on any atom is -0.0925 e. The van der Waals surface area contributed by atoms with Crippen LogP contribution in [0.1, 0.15) is 36.5 Å². The van der Waals surface area contributed by atoms with Crippen LogP contribution in [0.2, 0.25) is 0 Å². The molecule has 0 nitrogen and oxygen atoms in total. The summed E-state index contributed by atoms with van der Waals surface area (Å²) in [6, 6.07) is 6.80. The van der Waals surface area contributed by atoms with Gasteiger partial charge in [-0.2, -0.15) is 0 Å². The summed E-state index contributed by atoms with van der Waals surface area (Å²) >= 11 is 3.55. The van der Waals surface area contributed by atoms with Gasteiger partial charge in [0.25, 0.3) is 0 Å².